The van der Waals surface area contributed by atoms with Gasteiger partial charge in [-0.2, -0.15) is 0 Å². The third-order valence-corrected chi connectivity index (χ3v) is 4.46. The highest BCUT2D eigenvalue weighted by Crippen LogP contribution is 2.18. The van der Waals surface area contributed by atoms with Crippen molar-refractivity contribution in [2.45, 2.75) is 39.7 Å². The second-order valence-corrected chi connectivity index (χ2v) is 6.63. The number of benzene rings is 1. The molecule has 0 fully saturated rings. The summed E-state index contributed by atoms with van der Waals surface area (Å²) in [7, 11) is 0. The lowest BCUT2D eigenvalue weighted by Crippen LogP contribution is -2.32. The molecule has 0 spiro atoms. The molecular formula is C19H26BrFN2O2. The van der Waals surface area contributed by atoms with Crippen LogP contribution in [-0.4, -0.2) is 41.2 Å². The van der Waals surface area contributed by atoms with Crippen molar-refractivity contribution in [1.82, 2.24) is 9.80 Å². The Morgan fingerprint density at radius 2 is 1.76 bits per heavy atom. The van der Waals surface area contributed by atoms with E-state index in [1.165, 1.54) is 6.07 Å². The first-order valence-electron chi connectivity index (χ1n) is 8.53. The van der Waals surface area contributed by atoms with Crippen LogP contribution in [0.5, 0.6) is 0 Å². The zero-order valence-corrected chi connectivity index (χ0v) is 16.5. The Bertz CT molecular complexity index is 603. The van der Waals surface area contributed by atoms with Gasteiger partial charge in [-0.3, -0.25) is 9.59 Å². The average Bonchev–Trinajstić information content (AvgIpc) is 2.58. The molecule has 0 aliphatic rings. The lowest BCUT2D eigenvalue weighted by molar-refractivity contribution is -0.132. The molecule has 0 aliphatic carbocycles. The van der Waals surface area contributed by atoms with Crippen LogP contribution in [0.3, 0.4) is 0 Å². The highest BCUT2D eigenvalue weighted by molar-refractivity contribution is 9.10. The third-order valence-electron chi connectivity index (χ3n) is 3.97. The van der Waals surface area contributed by atoms with Crippen LogP contribution in [0.1, 0.15) is 38.7 Å². The van der Waals surface area contributed by atoms with Gasteiger partial charge in [0.25, 0.3) is 0 Å². The highest BCUT2D eigenvalue weighted by atomic mass is 79.9. The first kappa shape index (κ1) is 21.4. The minimum Gasteiger partial charge on any atom is -0.343 e. The van der Waals surface area contributed by atoms with Crippen LogP contribution in [0, 0.1) is 5.82 Å². The molecule has 6 heteroatoms. The standard InChI is InChI=1S/C19H26BrFN2O2/c1-4-12-23(14-15-13-16(20)10-11-17(15)21)19(25)9-7-8-18(24)22(5-2)6-3/h4,10-11,13H,1,5-9,12,14H2,2-3H3. The number of amides is 2. The molecule has 0 N–H and O–H groups in total. The molecule has 1 aromatic carbocycles. The molecule has 2 amide bonds. The topological polar surface area (TPSA) is 40.6 Å². The van der Waals surface area contributed by atoms with Gasteiger partial charge in [-0.15, -0.1) is 6.58 Å². The molecule has 0 aliphatic heterocycles. The number of hydrogen-bond donors (Lipinski definition) is 0. The first-order valence-corrected chi connectivity index (χ1v) is 9.32. The molecule has 4 nitrogen and oxygen atoms in total. The number of carbonyl (C=O) groups excluding carboxylic acids is 2. The zero-order chi connectivity index (χ0) is 18.8. The number of hydrogen-bond acceptors (Lipinski definition) is 2. The maximum absolute atomic E-state index is 13.9. The largest absolute Gasteiger partial charge is 0.343 e. The van der Waals surface area contributed by atoms with Crippen molar-refractivity contribution in [3.8, 4) is 0 Å². The van der Waals surface area contributed by atoms with E-state index in [1.54, 1.807) is 28.0 Å². The van der Waals surface area contributed by atoms with E-state index < -0.39 is 0 Å². The zero-order valence-electron chi connectivity index (χ0n) is 14.9. The van der Waals surface area contributed by atoms with E-state index >= 15 is 0 Å². The predicted molar refractivity (Wildman–Crippen MR) is 101 cm³/mol. The number of nitrogens with zero attached hydrogens (tertiary/aromatic N) is 2. The van der Waals surface area contributed by atoms with Crippen molar-refractivity contribution in [1.29, 1.82) is 0 Å². The van der Waals surface area contributed by atoms with Crippen LogP contribution in [0.4, 0.5) is 4.39 Å². The van der Waals surface area contributed by atoms with E-state index in [0.29, 0.717) is 38.0 Å². The van der Waals surface area contributed by atoms with Crippen LogP contribution >= 0.6 is 15.9 Å². The molecular weight excluding hydrogens is 387 g/mol. The lowest BCUT2D eigenvalue weighted by atomic mass is 10.1. The van der Waals surface area contributed by atoms with E-state index in [2.05, 4.69) is 22.5 Å². The average molecular weight is 413 g/mol. The van der Waals surface area contributed by atoms with Gasteiger partial charge in [0, 0.05) is 49.1 Å². The SMILES string of the molecule is C=CCN(Cc1cc(Br)ccc1F)C(=O)CCCC(=O)N(CC)CC. The third kappa shape index (κ3) is 6.98. The second kappa shape index (κ2) is 11.0. The molecule has 0 heterocycles. The molecule has 0 aromatic heterocycles. The van der Waals surface area contributed by atoms with E-state index in [-0.39, 0.29) is 30.6 Å². The van der Waals surface area contributed by atoms with E-state index in [0.717, 1.165) is 4.47 Å². The van der Waals surface area contributed by atoms with Gasteiger partial charge in [-0.05, 0) is 38.5 Å². The number of rotatable bonds is 10. The fraction of sp³-hybridized carbons (Fsp3) is 0.474. The minimum absolute atomic E-state index is 0.0612. The van der Waals surface area contributed by atoms with Crippen molar-refractivity contribution in [2.24, 2.45) is 0 Å². The minimum atomic E-state index is -0.346. The first-order chi connectivity index (χ1) is 11.9. The summed E-state index contributed by atoms with van der Waals surface area (Å²) in [6.07, 6.45) is 2.72. The summed E-state index contributed by atoms with van der Waals surface area (Å²) in [5, 5.41) is 0. The molecule has 0 bridgehead atoms. The van der Waals surface area contributed by atoms with Gasteiger partial charge in [-0.25, -0.2) is 4.39 Å². The molecule has 0 atom stereocenters. The second-order valence-electron chi connectivity index (χ2n) is 5.72. The van der Waals surface area contributed by atoms with Crippen LogP contribution in [0.25, 0.3) is 0 Å². The molecule has 1 aromatic rings. The van der Waals surface area contributed by atoms with Gasteiger partial charge in [0.2, 0.25) is 11.8 Å². The van der Waals surface area contributed by atoms with Crippen molar-refractivity contribution in [3.63, 3.8) is 0 Å². The molecule has 138 valence electrons. The van der Waals surface area contributed by atoms with Crippen molar-refractivity contribution < 1.29 is 14.0 Å². The predicted octanol–water partition coefficient (Wildman–Crippen LogP) is 4.14. The molecule has 25 heavy (non-hydrogen) atoms. The van der Waals surface area contributed by atoms with Crippen molar-refractivity contribution in [2.75, 3.05) is 19.6 Å². The van der Waals surface area contributed by atoms with Crippen LogP contribution < -0.4 is 0 Å². The summed E-state index contributed by atoms with van der Waals surface area (Å²) in [5.74, 6) is -0.389. The maximum atomic E-state index is 13.9. The molecule has 0 unspecified atom stereocenters. The Kier molecular flexibility index (Phi) is 9.42. The maximum Gasteiger partial charge on any atom is 0.223 e. The molecule has 0 saturated heterocycles. The summed E-state index contributed by atoms with van der Waals surface area (Å²) in [5.41, 5.74) is 0.448. The lowest BCUT2D eigenvalue weighted by Gasteiger charge is -2.22. The number of halogens is 2. The Morgan fingerprint density at radius 3 is 2.32 bits per heavy atom. The molecule has 0 radical (unpaired) electrons. The van der Waals surface area contributed by atoms with Gasteiger partial charge in [-0.1, -0.05) is 22.0 Å². The quantitative estimate of drug-likeness (QED) is 0.541. The van der Waals surface area contributed by atoms with Gasteiger partial charge in [0.05, 0.1) is 0 Å². The summed E-state index contributed by atoms with van der Waals surface area (Å²) >= 11 is 3.31. The van der Waals surface area contributed by atoms with Gasteiger partial charge < -0.3 is 9.80 Å². The van der Waals surface area contributed by atoms with E-state index in [9.17, 15) is 14.0 Å². The summed E-state index contributed by atoms with van der Waals surface area (Å²) in [4.78, 5) is 27.7. The Balaban J connectivity index is 2.63. The smallest absolute Gasteiger partial charge is 0.223 e. The Morgan fingerprint density at radius 1 is 1.16 bits per heavy atom. The fourth-order valence-corrected chi connectivity index (χ4v) is 2.97. The van der Waals surface area contributed by atoms with E-state index in [4.69, 9.17) is 0 Å². The summed E-state index contributed by atoms with van der Waals surface area (Å²) < 4.78 is 14.7. The van der Waals surface area contributed by atoms with E-state index in [1.807, 2.05) is 13.8 Å². The summed E-state index contributed by atoms with van der Waals surface area (Å²) in [6, 6.07) is 4.67. The highest BCUT2D eigenvalue weighted by Gasteiger charge is 2.16. The number of carbonyl (C=O) groups is 2. The van der Waals surface area contributed by atoms with Crippen molar-refractivity contribution >= 4 is 27.7 Å². The Hall–Kier alpha value is -1.69. The van der Waals surface area contributed by atoms with Crippen LogP contribution in [-0.2, 0) is 16.1 Å². The van der Waals surface area contributed by atoms with Gasteiger partial charge in [0.1, 0.15) is 5.82 Å². The fourth-order valence-electron chi connectivity index (χ4n) is 2.56. The van der Waals surface area contributed by atoms with Gasteiger partial charge in [0.15, 0.2) is 0 Å². The van der Waals surface area contributed by atoms with Gasteiger partial charge >= 0.3 is 0 Å². The van der Waals surface area contributed by atoms with Crippen molar-refractivity contribution in [3.05, 3.63) is 46.7 Å². The monoisotopic (exact) mass is 412 g/mol. The normalized spacial score (nSPS) is 10.4. The summed E-state index contributed by atoms with van der Waals surface area (Å²) in [6.45, 7) is 9.40. The Labute approximate surface area is 157 Å². The molecule has 0 saturated carbocycles. The van der Waals surface area contributed by atoms with Crippen LogP contribution in [0.15, 0.2) is 35.3 Å². The van der Waals surface area contributed by atoms with Crippen LogP contribution in [0.2, 0.25) is 0 Å². The molecule has 1 rings (SSSR count).